The van der Waals surface area contributed by atoms with Crippen LogP contribution in [0.25, 0.3) is 0 Å². The average molecular weight is 405 g/mol. The third-order valence-electron chi connectivity index (χ3n) is 6.06. The van der Waals surface area contributed by atoms with Gasteiger partial charge in [0.05, 0.1) is 18.2 Å². The molecule has 156 valence electrons. The molecule has 3 amide bonds. The monoisotopic (exact) mass is 405 g/mol. The van der Waals surface area contributed by atoms with E-state index in [1.807, 2.05) is 50.2 Å². The molecule has 6 nitrogen and oxygen atoms in total. The van der Waals surface area contributed by atoms with E-state index in [0.29, 0.717) is 24.3 Å². The van der Waals surface area contributed by atoms with Crippen LogP contribution in [0.15, 0.2) is 48.5 Å². The van der Waals surface area contributed by atoms with Crippen molar-refractivity contribution in [3.63, 3.8) is 0 Å². The molecule has 1 N–H and O–H groups in total. The van der Waals surface area contributed by atoms with Crippen molar-refractivity contribution in [3.05, 3.63) is 65.2 Å². The second-order valence-electron chi connectivity index (χ2n) is 8.23. The van der Waals surface area contributed by atoms with Gasteiger partial charge in [-0.05, 0) is 50.5 Å². The number of carbonyl (C=O) groups is 3. The summed E-state index contributed by atoms with van der Waals surface area (Å²) in [6.45, 7) is 5.29. The zero-order valence-corrected chi connectivity index (χ0v) is 17.4. The van der Waals surface area contributed by atoms with Crippen LogP contribution in [-0.4, -0.2) is 47.8 Å². The first kappa shape index (κ1) is 20.3. The second kappa shape index (κ2) is 8.40. The first-order valence-corrected chi connectivity index (χ1v) is 10.5. The Morgan fingerprint density at radius 1 is 1.00 bits per heavy atom. The second-order valence-corrected chi connectivity index (χ2v) is 8.23. The zero-order valence-electron chi connectivity index (χ0n) is 17.4. The summed E-state index contributed by atoms with van der Waals surface area (Å²) in [5, 5.41) is 3.09. The number of rotatable bonds is 4. The maximum Gasteiger partial charge on any atom is 0.251 e. The van der Waals surface area contributed by atoms with Crippen LogP contribution >= 0.6 is 0 Å². The Bertz CT molecular complexity index is 965. The third kappa shape index (κ3) is 4.00. The Kier molecular flexibility index (Phi) is 5.68. The van der Waals surface area contributed by atoms with E-state index in [4.69, 9.17) is 0 Å². The van der Waals surface area contributed by atoms with Crippen molar-refractivity contribution >= 4 is 23.4 Å². The van der Waals surface area contributed by atoms with Crippen molar-refractivity contribution in [3.8, 4) is 0 Å². The van der Waals surface area contributed by atoms with Gasteiger partial charge in [0.1, 0.15) is 0 Å². The Morgan fingerprint density at radius 3 is 2.37 bits per heavy atom. The third-order valence-corrected chi connectivity index (χ3v) is 6.06. The lowest BCUT2D eigenvalue weighted by Gasteiger charge is -2.35. The summed E-state index contributed by atoms with van der Waals surface area (Å²) in [6, 6.07) is 14.6. The number of piperidine rings is 1. The van der Waals surface area contributed by atoms with Gasteiger partial charge in [-0.1, -0.05) is 35.9 Å². The lowest BCUT2D eigenvalue weighted by atomic mass is 10.0. The molecule has 2 aliphatic heterocycles. The van der Waals surface area contributed by atoms with E-state index < -0.39 is 6.04 Å². The summed E-state index contributed by atoms with van der Waals surface area (Å²) >= 11 is 0. The van der Waals surface area contributed by atoms with Gasteiger partial charge in [0.25, 0.3) is 11.8 Å². The van der Waals surface area contributed by atoms with Gasteiger partial charge < -0.3 is 5.32 Å². The molecule has 2 heterocycles. The molecule has 2 aromatic carbocycles. The number of anilines is 1. The van der Waals surface area contributed by atoms with Crippen molar-refractivity contribution in [1.29, 1.82) is 0 Å². The van der Waals surface area contributed by atoms with Crippen LogP contribution in [0.1, 0.15) is 40.7 Å². The zero-order chi connectivity index (χ0) is 21.3. The molecule has 1 atom stereocenters. The predicted octanol–water partition coefficient (Wildman–Crippen LogP) is 2.83. The highest BCUT2D eigenvalue weighted by molar-refractivity contribution is 6.22. The standard InChI is InChI=1S/C24H27N3O3/c1-16-8-9-20(17(2)14-16)27-22(28)15-21(24(27)30)26-12-10-19(11-13-26)25-23(29)18-6-4-3-5-7-18/h3-9,14,19,21H,10-13,15H2,1-2H3,(H,25,29)/t21-/m0/s1. The molecule has 0 aromatic heterocycles. The average Bonchev–Trinajstić information content (AvgIpc) is 3.03. The lowest BCUT2D eigenvalue weighted by Crippen LogP contribution is -2.50. The van der Waals surface area contributed by atoms with E-state index in [1.54, 1.807) is 12.1 Å². The molecule has 0 spiro atoms. The van der Waals surface area contributed by atoms with Crippen LogP contribution in [-0.2, 0) is 9.59 Å². The molecule has 6 heteroatoms. The summed E-state index contributed by atoms with van der Waals surface area (Å²) in [7, 11) is 0. The fourth-order valence-electron chi connectivity index (χ4n) is 4.42. The van der Waals surface area contributed by atoms with Gasteiger partial charge in [0, 0.05) is 24.7 Å². The lowest BCUT2D eigenvalue weighted by molar-refractivity contribution is -0.123. The Balaban J connectivity index is 1.37. The number of hydrogen-bond acceptors (Lipinski definition) is 4. The number of imide groups is 1. The molecule has 2 aliphatic rings. The van der Waals surface area contributed by atoms with Gasteiger partial charge in [-0.15, -0.1) is 0 Å². The van der Waals surface area contributed by atoms with Crippen molar-refractivity contribution < 1.29 is 14.4 Å². The van der Waals surface area contributed by atoms with E-state index >= 15 is 0 Å². The minimum Gasteiger partial charge on any atom is -0.349 e. The highest BCUT2D eigenvalue weighted by Crippen LogP contribution is 2.30. The SMILES string of the molecule is Cc1ccc(N2C(=O)C[C@H](N3CCC(NC(=O)c4ccccc4)CC3)C2=O)c(C)c1. The van der Waals surface area contributed by atoms with E-state index in [9.17, 15) is 14.4 Å². The van der Waals surface area contributed by atoms with Crippen LogP contribution in [0.4, 0.5) is 5.69 Å². The number of carbonyl (C=O) groups excluding carboxylic acids is 3. The molecule has 2 aromatic rings. The van der Waals surface area contributed by atoms with E-state index in [0.717, 1.165) is 24.0 Å². The highest BCUT2D eigenvalue weighted by Gasteiger charge is 2.43. The fraction of sp³-hybridized carbons (Fsp3) is 0.375. The predicted molar refractivity (Wildman–Crippen MR) is 115 cm³/mol. The number of nitrogens with one attached hydrogen (secondary N) is 1. The van der Waals surface area contributed by atoms with Crippen LogP contribution in [0, 0.1) is 13.8 Å². The molecule has 0 bridgehead atoms. The number of nitrogens with zero attached hydrogens (tertiary/aromatic N) is 2. The first-order chi connectivity index (χ1) is 14.4. The number of amides is 3. The Hall–Kier alpha value is -2.99. The van der Waals surface area contributed by atoms with E-state index in [2.05, 4.69) is 10.2 Å². The molecular formula is C24H27N3O3. The van der Waals surface area contributed by atoms with Gasteiger partial charge in [-0.3, -0.25) is 19.3 Å². The van der Waals surface area contributed by atoms with Crippen molar-refractivity contribution in [2.75, 3.05) is 18.0 Å². The Labute approximate surface area is 176 Å². The smallest absolute Gasteiger partial charge is 0.251 e. The maximum atomic E-state index is 13.1. The van der Waals surface area contributed by atoms with Crippen molar-refractivity contribution in [2.24, 2.45) is 0 Å². The van der Waals surface area contributed by atoms with Crippen molar-refractivity contribution in [1.82, 2.24) is 10.2 Å². The normalized spacial score (nSPS) is 20.6. The summed E-state index contributed by atoms with van der Waals surface area (Å²) in [5.74, 6) is -0.350. The minimum absolute atomic E-state index is 0.0674. The molecule has 30 heavy (non-hydrogen) atoms. The Morgan fingerprint density at radius 2 is 1.70 bits per heavy atom. The fourth-order valence-corrected chi connectivity index (χ4v) is 4.42. The quantitative estimate of drug-likeness (QED) is 0.795. The summed E-state index contributed by atoms with van der Waals surface area (Å²) in [5.41, 5.74) is 3.37. The molecule has 2 saturated heterocycles. The van der Waals surface area contributed by atoms with Gasteiger partial charge in [-0.25, -0.2) is 4.90 Å². The maximum absolute atomic E-state index is 13.1. The van der Waals surface area contributed by atoms with Gasteiger partial charge in [0.2, 0.25) is 5.91 Å². The van der Waals surface area contributed by atoms with Gasteiger partial charge in [-0.2, -0.15) is 0 Å². The highest BCUT2D eigenvalue weighted by atomic mass is 16.2. The number of aryl methyl sites for hydroxylation is 2. The molecule has 0 saturated carbocycles. The van der Waals surface area contributed by atoms with E-state index in [1.165, 1.54) is 4.90 Å². The van der Waals surface area contributed by atoms with Gasteiger partial charge >= 0.3 is 0 Å². The number of benzene rings is 2. The minimum atomic E-state index is -0.413. The van der Waals surface area contributed by atoms with Crippen molar-refractivity contribution in [2.45, 2.75) is 45.2 Å². The molecule has 0 radical (unpaired) electrons. The van der Waals surface area contributed by atoms with Crippen LogP contribution in [0.3, 0.4) is 0 Å². The number of hydrogen-bond donors (Lipinski definition) is 1. The topological polar surface area (TPSA) is 69.7 Å². The molecule has 4 rings (SSSR count). The molecule has 0 aliphatic carbocycles. The summed E-state index contributed by atoms with van der Waals surface area (Å²) < 4.78 is 0. The summed E-state index contributed by atoms with van der Waals surface area (Å²) in [6.07, 6.45) is 1.74. The molecule has 0 unspecified atom stereocenters. The van der Waals surface area contributed by atoms with Crippen LogP contribution < -0.4 is 10.2 Å². The molecular weight excluding hydrogens is 378 g/mol. The van der Waals surface area contributed by atoms with Gasteiger partial charge in [0.15, 0.2) is 0 Å². The largest absolute Gasteiger partial charge is 0.349 e. The van der Waals surface area contributed by atoms with Crippen LogP contribution in [0.5, 0.6) is 0 Å². The molecule has 2 fully saturated rings. The van der Waals surface area contributed by atoms with E-state index in [-0.39, 0.29) is 30.2 Å². The number of likely N-dealkylation sites (tertiary alicyclic amines) is 1. The first-order valence-electron chi connectivity index (χ1n) is 10.5. The van der Waals surface area contributed by atoms with Crippen LogP contribution in [0.2, 0.25) is 0 Å². The summed E-state index contributed by atoms with van der Waals surface area (Å²) in [4.78, 5) is 41.6.